The number of nitrogens with zero attached hydrogens (tertiary/aromatic N) is 2. The molecule has 2 aromatic carbocycles. The number of ketones is 1. The molecule has 1 amide bonds. The molecule has 0 radical (unpaired) electrons. The van der Waals surface area contributed by atoms with E-state index in [0.717, 1.165) is 5.46 Å². The van der Waals surface area contributed by atoms with Crippen LogP contribution in [0.2, 0.25) is 0 Å². The number of rotatable bonds is 5. The predicted molar refractivity (Wildman–Crippen MR) is 162 cm³/mol. The summed E-state index contributed by atoms with van der Waals surface area (Å²) in [6, 6.07) is 18.0. The van der Waals surface area contributed by atoms with Crippen LogP contribution in [0.15, 0.2) is 67.0 Å². The van der Waals surface area contributed by atoms with Gasteiger partial charge in [-0.2, -0.15) is 0 Å². The van der Waals surface area contributed by atoms with Gasteiger partial charge in [-0.1, -0.05) is 48.5 Å². The van der Waals surface area contributed by atoms with E-state index in [1.165, 1.54) is 22.3 Å². The lowest BCUT2D eigenvalue weighted by atomic mass is 9.77. The molecule has 9 heteroatoms. The maximum Gasteiger partial charge on any atom is 0.496 e. The molecule has 222 valence electrons. The molecule has 3 aliphatic heterocycles. The average molecular weight is 580 g/mol. The number of hydrogen-bond acceptors (Lipinski definition) is 7. The van der Waals surface area contributed by atoms with Crippen LogP contribution in [-0.4, -0.2) is 72.0 Å². The molecule has 2 bridgehead atoms. The van der Waals surface area contributed by atoms with Gasteiger partial charge in [-0.3, -0.25) is 14.7 Å². The van der Waals surface area contributed by atoms with E-state index in [0.29, 0.717) is 31.6 Å². The van der Waals surface area contributed by atoms with Gasteiger partial charge in [0, 0.05) is 35.3 Å². The molecular formula is C34H37BN2O6. The maximum absolute atomic E-state index is 13.8. The van der Waals surface area contributed by atoms with Gasteiger partial charge in [0.2, 0.25) is 0 Å². The van der Waals surface area contributed by atoms with Crippen molar-refractivity contribution in [2.24, 2.45) is 5.92 Å². The molecule has 3 saturated heterocycles. The van der Waals surface area contributed by atoms with Crippen LogP contribution < -0.4 is 5.46 Å². The second-order valence-electron chi connectivity index (χ2n) is 13.2. The van der Waals surface area contributed by atoms with Gasteiger partial charge < -0.3 is 18.8 Å². The summed E-state index contributed by atoms with van der Waals surface area (Å²) in [6.07, 6.45) is 4.00. The Morgan fingerprint density at radius 2 is 1.49 bits per heavy atom. The Morgan fingerprint density at radius 1 is 0.907 bits per heavy atom. The zero-order chi connectivity index (χ0) is 29.9. The number of piperidine rings is 1. The zero-order valence-electron chi connectivity index (χ0n) is 25.1. The van der Waals surface area contributed by atoms with E-state index >= 15 is 0 Å². The molecule has 7 rings (SSSR count). The highest BCUT2D eigenvalue weighted by Crippen LogP contribution is 2.45. The fourth-order valence-corrected chi connectivity index (χ4v) is 7.03. The van der Waals surface area contributed by atoms with Crippen LogP contribution in [0.25, 0.3) is 11.1 Å². The second kappa shape index (κ2) is 10.6. The van der Waals surface area contributed by atoms with Crippen molar-refractivity contribution in [1.82, 2.24) is 9.88 Å². The molecule has 3 fully saturated rings. The molecule has 1 aliphatic carbocycles. The molecule has 3 aromatic rings. The minimum Gasteiger partial charge on any atom is -0.448 e. The van der Waals surface area contributed by atoms with Crippen LogP contribution in [0.4, 0.5) is 4.79 Å². The largest absolute Gasteiger partial charge is 0.496 e. The van der Waals surface area contributed by atoms with Crippen LogP contribution in [0, 0.1) is 5.92 Å². The van der Waals surface area contributed by atoms with Crippen LogP contribution in [0.3, 0.4) is 0 Å². The highest BCUT2D eigenvalue weighted by molar-refractivity contribution is 6.62. The van der Waals surface area contributed by atoms with Gasteiger partial charge in [0.1, 0.15) is 6.61 Å². The quantitative estimate of drug-likeness (QED) is 0.311. The third-order valence-corrected chi connectivity index (χ3v) is 10.0. The number of morpholine rings is 1. The van der Waals surface area contributed by atoms with Crippen LogP contribution in [0.1, 0.15) is 67.9 Å². The van der Waals surface area contributed by atoms with E-state index in [1.54, 1.807) is 12.4 Å². The van der Waals surface area contributed by atoms with Crippen molar-refractivity contribution in [3.63, 3.8) is 0 Å². The lowest BCUT2D eigenvalue weighted by Crippen LogP contribution is -2.60. The fraction of sp³-hybridized carbons (Fsp3) is 0.441. The number of hydrogen-bond donors (Lipinski definition) is 0. The van der Waals surface area contributed by atoms with E-state index in [2.05, 4.69) is 29.2 Å². The number of carbonyl (C=O) groups is 2. The van der Waals surface area contributed by atoms with Gasteiger partial charge in [-0.05, 0) is 68.9 Å². The Labute approximate surface area is 252 Å². The smallest absolute Gasteiger partial charge is 0.448 e. The molecular weight excluding hydrogens is 543 g/mol. The molecule has 43 heavy (non-hydrogen) atoms. The maximum atomic E-state index is 13.8. The first-order valence-electron chi connectivity index (χ1n) is 15.2. The number of carbonyl (C=O) groups excluding carboxylic acids is 2. The summed E-state index contributed by atoms with van der Waals surface area (Å²) in [6.45, 7) is 9.04. The summed E-state index contributed by atoms with van der Waals surface area (Å²) in [5, 5.41) is 0. The van der Waals surface area contributed by atoms with Gasteiger partial charge in [0.15, 0.2) is 5.78 Å². The Bertz CT molecular complexity index is 1500. The van der Waals surface area contributed by atoms with Gasteiger partial charge in [-0.15, -0.1) is 0 Å². The van der Waals surface area contributed by atoms with Crippen LogP contribution in [0.5, 0.6) is 0 Å². The second-order valence-corrected chi connectivity index (χ2v) is 13.2. The summed E-state index contributed by atoms with van der Waals surface area (Å²) >= 11 is 0. The average Bonchev–Trinajstić information content (AvgIpc) is 3.43. The summed E-state index contributed by atoms with van der Waals surface area (Å²) in [7, 11) is -0.589. The minimum atomic E-state index is -0.589. The molecule has 8 nitrogen and oxygen atoms in total. The molecule has 2 atom stereocenters. The minimum absolute atomic E-state index is 0.00434. The molecule has 0 N–H and O–H groups in total. The van der Waals surface area contributed by atoms with Crippen molar-refractivity contribution < 1.29 is 28.4 Å². The third kappa shape index (κ3) is 4.87. The number of ether oxygens (including phenoxy) is 2. The summed E-state index contributed by atoms with van der Waals surface area (Å²) in [5.74, 6) is -0.225. The van der Waals surface area contributed by atoms with Crippen LogP contribution >= 0.6 is 0 Å². The zero-order valence-corrected chi connectivity index (χ0v) is 25.1. The number of Topliss-reactive ketones (excluding diaryl/α,β-unsaturated/α-hetero) is 1. The van der Waals surface area contributed by atoms with E-state index in [1.807, 2.05) is 62.9 Å². The topological polar surface area (TPSA) is 87.2 Å². The third-order valence-electron chi connectivity index (χ3n) is 10.0. The van der Waals surface area contributed by atoms with Gasteiger partial charge in [0.25, 0.3) is 0 Å². The molecule has 4 heterocycles. The first-order valence-corrected chi connectivity index (χ1v) is 15.2. The number of fused-ring (bicyclic) bond motifs is 5. The highest BCUT2D eigenvalue weighted by Gasteiger charge is 2.52. The van der Waals surface area contributed by atoms with Gasteiger partial charge in [0.05, 0.1) is 36.5 Å². The van der Waals surface area contributed by atoms with Crippen molar-refractivity contribution in [1.29, 1.82) is 0 Å². The van der Waals surface area contributed by atoms with Gasteiger partial charge in [-0.25, -0.2) is 4.79 Å². The number of benzene rings is 2. The van der Waals surface area contributed by atoms with E-state index in [4.69, 9.17) is 18.8 Å². The standard InChI is InChI=1S/C34H37BN2O6/c1-33(2)34(3,4)43-35(42-33)23-13-22(16-36-17-23)31(38)21-14-24-18-40-19-25(15-21)37(24)32(39)41-20-30-28-11-7-5-9-26(28)27-10-6-8-12-29(27)30/h5-13,16-17,21,24-25,30H,14-15,18-20H2,1-4H3. The number of pyridine rings is 1. The summed E-state index contributed by atoms with van der Waals surface area (Å²) < 4.78 is 24.2. The Hall–Kier alpha value is -3.53. The Morgan fingerprint density at radius 3 is 2.09 bits per heavy atom. The van der Waals surface area contributed by atoms with Crippen molar-refractivity contribution in [2.75, 3.05) is 19.8 Å². The van der Waals surface area contributed by atoms with Crippen molar-refractivity contribution in [2.45, 2.75) is 69.7 Å². The van der Waals surface area contributed by atoms with E-state index in [-0.39, 0.29) is 42.4 Å². The first-order chi connectivity index (χ1) is 20.6. The fourth-order valence-electron chi connectivity index (χ4n) is 7.03. The molecule has 0 saturated carbocycles. The Kier molecular flexibility index (Phi) is 6.95. The molecule has 0 spiro atoms. The highest BCUT2D eigenvalue weighted by atomic mass is 16.7. The van der Waals surface area contributed by atoms with Crippen molar-refractivity contribution in [3.8, 4) is 11.1 Å². The predicted octanol–water partition coefficient (Wildman–Crippen LogP) is 4.99. The summed E-state index contributed by atoms with van der Waals surface area (Å²) in [4.78, 5) is 33.5. The van der Waals surface area contributed by atoms with E-state index in [9.17, 15) is 9.59 Å². The monoisotopic (exact) mass is 580 g/mol. The first kappa shape index (κ1) is 28.3. The van der Waals surface area contributed by atoms with Crippen molar-refractivity contribution in [3.05, 3.63) is 83.7 Å². The lowest BCUT2D eigenvalue weighted by Gasteiger charge is -2.47. The molecule has 2 unspecified atom stereocenters. The Balaban J connectivity index is 1.03. The van der Waals surface area contributed by atoms with Crippen LogP contribution in [-0.2, 0) is 18.8 Å². The SMILES string of the molecule is CC1(C)OB(c2cncc(C(=O)C3CC4COCC(C3)N4C(=O)OCC3c4ccccc4-c4ccccc43)c2)OC1(C)C. The summed E-state index contributed by atoms with van der Waals surface area (Å²) in [5.41, 5.74) is 5.04. The molecule has 1 aromatic heterocycles. The number of amides is 1. The van der Waals surface area contributed by atoms with E-state index < -0.39 is 18.3 Å². The molecule has 4 aliphatic rings. The van der Waals surface area contributed by atoms with Gasteiger partial charge >= 0.3 is 13.2 Å². The van der Waals surface area contributed by atoms with Crippen molar-refractivity contribution >= 4 is 24.5 Å². The number of aromatic nitrogens is 1. The lowest BCUT2D eigenvalue weighted by molar-refractivity contribution is -0.0747. The normalized spacial score (nSPS) is 25.3.